The first-order chi connectivity index (χ1) is 13.4. The molecular formula is C16H22N5O6P. The van der Waals surface area contributed by atoms with E-state index in [9.17, 15) is 9.67 Å². The summed E-state index contributed by atoms with van der Waals surface area (Å²) in [5.41, 5.74) is 6.53. The van der Waals surface area contributed by atoms with Gasteiger partial charge in [0, 0.05) is 6.42 Å². The summed E-state index contributed by atoms with van der Waals surface area (Å²) in [5.74, 6) is 0.965. The van der Waals surface area contributed by atoms with Gasteiger partial charge in [0.05, 0.1) is 19.5 Å². The summed E-state index contributed by atoms with van der Waals surface area (Å²) in [5, 5.41) is 10.5. The molecule has 152 valence electrons. The highest BCUT2D eigenvalue weighted by Gasteiger charge is 2.49. The molecule has 2 aromatic rings. The van der Waals surface area contributed by atoms with Crippen molar-refractivity contribution in [2.24, 2.45) is 0 Å². The number of nitrogens with zero attached hydrogens (tertiary/aromatic N) is 4. The van der Waals surface area contributed by atoms with E-state index in [2.05, 4.69) is 20.9 Å². The third-order valence-corrected chi connectivity index (χ3v) is 5.86. The molecule has 11 nitrogen and oxygen atoms in total. The Kier molecular flexibility index (Phi) is 6.00. The molecule has 3 unspecified atom stereocenters. The maximum Gasteiger partial charge on any atom is 0.356 e. The van der Waals surface area contributed by atoms with Gasteiger partial charge in [0.1, 0.15) is 17.9 Å². The smallest absolute Gasteiger partial charge is 0.356 e. The minimum Gasteiger partial charge on any atom is -0.388 e. The fourth-order valence-electron chi connectivity index (χ4n) is 2.91. The average molecular weight is 411 g/mol. The molecule has 1 saturated heterocycles. The SMILES string of the molecule is C#CC1(OCP(=O)(OCC)OCC)CC(O)C(n2cnc3c(N)ncnc32)O1. The van der Waals surface area contributed by atoms with Crippen LogP contribution in [0, 0.1) is 12.3 Å². The predicted octanol–water partition coefficient (Wildman–Crippen LogP) is 1.26. The normalized spacial score (nSPS) is 25.2. The maximum atomic E-state index is 12.6. The summed E-state index contributed by atoms with van der Waals surface area (Å²) < 4.78 is 36.0. The highest BCUT2D eigenvalue weighted by Crippen LogP contribution is 2.50. The number of hydrogen-bond acceptors (Lipinski definition) is 10. The van der Waals surface area contributed by atoms with E-state index in [1.165, 1.54) is 17.2 Å². The van der Waals surface area contributed by atoms with Crippen molar-refractivity contribution in [1.29, 1.82) is 0 Å². The molecule has 12 heteroatoms. The Morgan fingerprint density at radius 2 is 2.14 bits per heavy atom. The number of anilines is 1. The lowest BCUT2D eigenvalue weighted by atomic mass is 10.1. The number of aromatic nitrogens is 4. The van der Waals surface area contributed by atoms with Crippen LogP contribution >= 0.6 is 7.60 Å². The Morgan fingerprint density at radius 1 is 1.43 bits per heavy atom. The predicted molar refractivity (Wildman–Crippen MR) is 98.9 cm³/mol. The number of nitrogen functional groups attached to an aromatic ring is 1. The lowest BCUT2D eigenvalue weighted by Crippen LogP contribution is -2.31. The summed E-state index contributed by atoms with van der Waals surface area (Å²) in [7, 11) is -3.51. The molecule has 0 amide bonds. The number of ether oxygens (including phenoxy) is 2. The lowest BCUT2D eigenvalue weighted by Gasteiger charge is -2.26. The molecule has 3 atom stereocenters. The summed E-state index contributed by atoms with van der Waals surface area (Å²) in [6.45, 7) is 3.73. The number of nitrogens with two attached hydrogens (primary N) is 1. The van der Waals surface area contributed by atoms with Gasteiger partial charge in [0.2, 0.25) is 5.79 Å². The Labute approximate surface area is 161 Å². The number of aliphatic hydroxyl groups is 1. The zero-order valence-electron chi connectivity index (χ0n) is 15.5. The van der Waals surface area contributed by atoms with Gasteiger partial charge in [-0.1, -0.05) is 0 Å². The molecule has 0 radical (unpaired) electrons. The summed E-state index contributed by atoms with van der Waals surface area (Å²) in [4.78, 5) is 12.2. The van der Waals surface area contributed by atoms with Crippen LogP contribution in [0.4, 0.5) is 5.82 Å². The third kappa shape index (κ3) is 3.89. The van der Waals surface area contributed by atoms with Gasteiger partial charge in [-0.3, -0.25) is 9.13 Å². The van der Waals surface area contributed by atoms with E-state index < -0.39 is 32.1 Å². The van der Waals surface area contributed by atoms with Gasteiger partial charge in [-0.25, -0.2) is 15.0 Å². The molecule has 0 saturated carbocycles. The van der Waals surface area contributed by atoms with Gasteiger partial charge in [0.25, 0.3) is 0 Å². The van der Waals surface area contributed by atoms with E-state index in [-0.39, 0.29) is 25.5 Å². The Morgan fingerprint density at radius 3 is 2.79 bits per heavy atom. The lowest BCUT2D eigenvalue weighted by molar-refractivity contribution is -0.194. The Bertz CT molecular complexity index is 920. The molecule has 1 fully saturated rings. The van der Waals surface area contributed by atoms with Crippen molar-refractivity contribution < 1.29 is 28.2 Å². The summed E-state index contributed by atoms with van der Waals surface area (Å²) in [6.07, 6.45) is 5.85. The van der Waals surface area contributed by atoms with Crippen LogP contribution in [0.3, 0.4) is 0 Å². The van der Waals surface area contributed by atoms with Crippen LogP contribution in [0.25, 0.3) is 11.2 Å². The number of rotatable bonds is 8. The third-order valence-electron chi connectivity index (χ3n) is 4.11. The van der Waals surface area contributed by atoms with Gasteiger partial charge in [0.15, 0.2) is 24.0 Å². The Hall–Kier alpha value is -2.06. The summed E-state index contributed by atoms with van der Waals surface area (Å²) in [6, 6.07) is 0. The highest BCUT2D eigenvalue weighted by molar-refractivity contribution is 7.53. The molecule has 28 heavy (non-hydrogen) atoms. The van der Waals surface area contributed by atoms with Gasteiger partial charge >= 0.3 is 7.60 Å². The van der Waals surface area contributed by atoms with Crippen molar-refractivity contribution in [1.82, 2.24) is 19.5 Å². The van der Waals surface area contributed by atoms with Crippen molar-refractivity contribution in [2.75, 3.05) is 25.3 Å². The van der Waals surface area contributed by atoms with Crippen LogP contribution in [-0.4, -0.2) is 56.1 Å². The minimum absolute atomic E-state index is 0.0628. The minimum atomic E-state index is -3.51. The molecular weight excluding hydrogens is 389 g/mol. The van der Waals surface area contributed by atoms with Crippen LogP contribution in [0.2, 0.25) is 0 Å². The van der Waals surface area contributed by atoms with Crippen molar-refractivity contribution in [3.05, 3.63) is 12.7 Å². The fourth-order valence-corrected chi connectivity index (χ4v) is 4.29. The van der Waals surface area contributed by atoms with E-state index >= 15 is 0 Å². The van der Waals surface area contributed by atoms with Gasteiger partial charge in [-0.2, -0.15) is 0 Å². The zero-order chi connectivity index (χ0) is 20.4. The Balaban J connectivity index is 1.82. The number of fused-ring (bicyclic) bond motifs is 1. The maximum absolute atomic E-state index is 12.6. The largest absolute Gasteiger partial charge is 0.388 e. The number of hydrogen-bond donors (Lipinski definition) is 2. The first kappa shape index (κ1) is 20.7. The molecule has 1 aliphatic rings. The quantitative estimate of drug-likeness (QED) is 0.481. The molecule has 1 aliphatic heterocycles. The number of aliphatic hydroxyl groups excluding tert-OH is 1. The zero-order valence-corrected chi connectivity index (χ0v) is 16.4. The van der Waals surface area contributed by atoms with Gasteiger partial charge in [-0.15, -0.1) is 6.42 Å². The fraction of sp³-hybridized carbons (Fsp3) is 0.562. The van der Waals surface area contributed by atoms with Gasteiger partial charge in [-0.05, 0) is 19.8 Å². The molecule has 0 aromatic carbocycles. The standard InChI is InChI=1S/C16H22N5O6P/c1-4-16(24-10-28(23,25-5-2)26-6-3)7-11(22)15(27-16)21-9-20-12-13(17)18-8-19-14(12)21/h1,8-9,11,15,22H,5-7,10H2,2-3H3,(H2,17,18,19). The van der Waals surface area contributed by atoms with E-state index in [4.69, 9.17) is 30.7 Å². The molecule has 3 N–H and O–H groups in total. The number of imidazole rings is 1. The van der Waals surface area contributed by atoms with Crippen molar-refractivity contribution in [3.8, 4) is 12.3 Å². The molecule has 2 aromatic heterocycles. The van der Waals surface area contributed by atoms with Crippen molar-refractivity contribution in [3.63, 3.8) is 0 Å². The van der Waals surface area contributed by atoms with Gasteiger partial charge < -0.3 is 29.4 Å². The second-order valence-corrected chi connectivity index (χ2v) is 7.98. The monoisotopic (exact) mass is 411 g/mol. The van der Waals surface area contributed by atoms with Crippen molar-refractivity contribution >= 4 is 24.6 Å². The molecule has 0 spiro atoms. The molecule has 0 aliphatic carbocycles. The van der Waals surface area contributed by atoms with Crippen LogP contribution in [0.1, 0.15) is 26.5 Å². The second-order valence-electron chi connectivity index (χ2n) is 5.98. The van der Waals surface area contributed by atoms with Crippen LogP contribution in [0.15, 0.2) is 12.7 Å². The average Bonchev–Trinajstić information content (AvgIpc) is 3.23. The van der Waals surface area contributed by atoms with Crippen LogP contribution < -0.4 is 5.73 Å². The van der Waals surface area contributed by atoms with Crippen LogP contribution in [-0.2, 0) is 23.1 Å². The highest BCUT2D eigenvalue weighted by atomic mass is 31.2. The van der Waals surface area contributed by atoms with Crippen molar-refractivity contribution in [2.45, 2.75) is 38.4 Å². The van der Waals surface area contributed by atoms with E-state index in [1.54, 1.807) is 13.8 Å². The molecule has 3 rings (SSSR count). The van der Waals surface area contributed by atoms with E-state index in [0.717, 1.165) is 0 Å². The first-order valence-electron chi connectivity index (χ1n) is 8.65. The topological polar surface area (TPSA) is 144 Å². The molecule has 3 heterocycles. The second kappa shape index (κ2) is 8.13. The first-order valence-corrected chi connectivity index (χ1v) is 10.4. The van der Waals surface area contributed by atoms with E-state index in [0.29, 0.717) is 11.2 Å². The van der Waals surface area contributed by atoms with Crippen LogP contribution in [0.5, 0.6) is 0 Å². The summed E-state index contributed by atoms with van der Waals surface area (Å²) >= 11 is 0. The molecule has 0 bridgehead atoms. The van der Waals surface area contributed by atoms with E-state index in [1.807, 2.05) is 0 Å². The number of terminal acetylenes is 1.